The van der Waals surface area contributed by atoms with Gasteiger partial charge < -0.3 is 14.7 Å². The molecule has 1 N–H and O–H groups in total. The molecule has 1 aromatic carbocycles. The average Bonchev–Trinajstić information content (AvgIpc) is 3.09. The van der Waals surface area contributed by atoms with Crippen molar-refractivity contribution in [3.05, 3.63) is 58.3 Å². The van der Waals surface area contributed by atoms with Crippen LogP contribution in [0.1, 0.15) is 37.5 Å². The molecule has 128 valence electrons. The first-order chi connectivity index (χ1) is 11.5. The Morgan fingerprint density at radius 3 is 2.75 bits per heavy atom. The number of nitrogens with zero attached hydrogens (tertiary/aromatic N) is 1. The lowest BCUT2D eigenvalue weighted by molar-refractivity contribution is -0.149. The van der Waals surface area contributed by atoms with Crippen LogP contribution in [-0.4, -0.2) is 35.1 Å². The molecule has 0 saturated carbocycles. The van der Waals surface area contributed by atoms with E-state index >= 15 is 0 Å². The molecule has 3 rings (SSSR count). The van der Waals surface area contributed by atoms with E-state index in [0.29, 0.717) is 13.1 Å². The zero-order valence-electron chi connectivity index (χ0n) is 14.0. The van der Waals surface area contributed by atoms with E-state index in [9.17, 15) is 9.90 Å². The fourth-order valence-electron chi connectivity index (χ4n) is 3.10. The second kappa shape index (κ2) is 7.05. The van der Waals surface area contributed by atoms with Crippen LogP contribution >= 0.6 is 11.3 Å². The SMILES string of the molecule is CC1CN(C(=O)CC(C)(O)c2ccccc2)CC(c2ccsc2)O1. The number of benzene rings is 1. The molecule has 2 aromatic rings. The van der Waals surface area contributed by atoms with E-state index in [1.807, 2.05) is 53.6 Å². The van der Waals surface area contributed by atoms with E-state index in [4.69, 9.17) is 4.74 Å². The van der Waals surface area contributed by atoms with Gasteiger partial charge in [-0.15, -0.1) is 0 Å². The fourth-order valence-corrected chi connectivity index (χ4v) is 3.80. The van der Waals surface area contributed by atoms with Crippen molar-refractivity contribution >= 4 is 17.2 Å². The van der Waals surface area contributed by atoms with Crippen molar-refractivity contribution in [1.82, 2.24) is 4.90 Å². The molecule has 1 amide bonds. The maximum Gasteiger partial charge on any atom is 0.226 e. The van der Waals surface area contributed by atoms with Gasteiger partial charge in [-0.3, -0.25) is 4.79 Å². The second-order valence-electron chi connectivity index (χ2n) is 6.61. The molecular weight excluding hydrogens is 322 g/mol. The minimum Gasteiger partial charge on any atom is -0.385 e. The number of thiophene rings is 1. The second-order valence-corrected chi connectivity index (χ2v) is 7.39. The summed E-state index contributed by atoms with van der Waals surface area (Å²) in [6.45, 7) is 4.77. The van der Waals surface area contributed by atoms with Crippen LogP contribution in [0.15, 0.2) is 47.2 Å². The normalized spacial score (nSPS) is 23.7. The third-order valence-electron chi connectivity index (χ3n) is 4.42. The van der Waals surface area contributed by atoms with E-state index in [1.54, 1.807) is 18.3 Å². The van der Waals surface area contributed by atoms with E-state index in [-0.39, 0.29) is 24.5 Å². The van der Waals surface area contributed by atoms with Crippen molar-refractivity contribution in [1.29, 1.82) is 0 Å². The molecule has 1 fully saturated rings. The fraction of sp³-hybridized carbons (Fsp3) is 0.421. The summed E-state index contributed by atoms with van der Waals surface area (Å²) in [6.07, 6.45) is -0.0417. The van der Waals surface area contributed by atoms with Crippen LogP contribution in [0.4, 0.5) is 0 Å². The van der Waals surface area contributed by atoms with Crippen LogP contribution < -0.4 is 0 Å². The van der Waals surface area contributed by atoms with E-state index in [1.165, 1.54) is 0 Å². The molecule has 1 saturated heterocycles. The van der Waals surface area contributed by atoms with Gasteiger partial charge in [0.25, 0.3) is 0 Å². The van der Waals surface area contributed by atoms with Crippen molar-refractivity contribution in [3.8, 4) is 0 Å². The summed E-state index contributed by atoms with van der Waals surface area (Å²) >= 11 is 1.63. The first kappa shape index (κ1) is 17.1. The van der Waals surface area contributed by atoms with Crippen molar-refractivity contribution in [2.75, 3.05) is 13.1 Å². The molecule has 0 radical (unpaired) electrons. The maximum absolute atomic E-state index is 12.8. The monoisotopic (exact) mass is 345 g/mol. The Bertz CT molecular complexity index is 669. The Hall–Kier alpha value is -1.69. The highest BCUT2D eigenvalue weighted by molar-refractivity contribution is 7.07. The Balaban J connectivity index is 1.70. The number of rotatable bonds is 4. The van der Waals surface area contributed by atoms with Gasteiger partial charge >= 0.3 is 0 Å². The van der Waals surface area contributed by atoms with Crippen LogP contribution in [0.3, 0.4) is 0 Å². The van der Waals surface area contributed by atoms with Crippen LogP contribution in [0.25, 0.3) is 0 Å². The van der Waals surface area contributed by atoms with Crippen molar-refractivity contribution < 1.29 is 14.6 Å². The lowest BCUT2D eigenvalue weighted by Gasteiger charge is -2.38. The van der Waals surface area contributed by atoms with Gasteiger partial charge in [0.15, 0.2) is 0 Å². The molecule has 4 nitrogen and oxygen atoms in total. The van der Waals surface area contributed by atoms with E-state index < -0.39 is 5.60 Å². The zero-order valence-corrected chi connectivity index (χ0v) is 14.8. The molecule has 24 heavy (non-hydrogen) atoms. The summed E-state index contributed by atoms with van der Waals surface area (Å²) in [5.41, 5.74) is 0.700. The maximum atomic E-state index is 12.8. The predicted octanol–water partition coefficient (Wildman–Crippen LogP) is 3.33. The quantitative estimate of drug-likeness (QED) is 0.925. The lowest BCUT2D eigenvalue weighted by Crippen LogP contribution is -2.47. The van der Waals surface area contributed by atoms with Gasteiger partial charge in [0.1, 0.15) is 6.10 Å². The smallest absolute Gasteiger partial charge is 0.226 e. The third kappa shape index (κ3) is 3.86. The van der Waals surface area contributed by atoms with Gasteiger partial charge in [0.2, 0.25) is 5.91 Å². The Morgan fingerprint density at radius 2 is 2.08 bits per heavy atom. The topological polar surface area (TPSA) is 49.8 Å². The van der Waals surface area contributed by atoms with Crippen LogP contribution in [0.5, 0.6) is 0 Å². The molecule has 1 aromatic heterocycles. The van der Waals surface area contributed by atoms with E-state index in [2.05, 4.69) is 5.38 Å². The Morgan fingerprint density at radius 1 is 1.33 bits per heavy atom. The van der Waals surface area contributed by atoms with E-state index in [0.717, 1.165) is 11.1 Å². The summed E-state index contributed by atoms with van der Waals surface area (Å²) in [5, 5.41) is 14.8. The minimum absolute atomic E-state index is 0.0192. The minimum atomic E-state index is -1.17. The van der Waals surface area contributed by atoms with Gasteiger partial charge in [-0.25, -0.2) is 0 Å². The zero-order chi connectivity index (χ0) is 17.2. The number of hydrogen-bond acceptors (Lipinski definition) is 4. The molecular formula is C19H23NO3S. The number of morpholine rings is 1. The first-order valence-corrected chi connectivity index (χ1v) is 9.13. The van der Waals surface area contributed by atoms with Crippen molar-refractivity contribution in [2.24, 2.45) is 0 Å². The highest BCUT2D eigenvalue weighted by Crippen LogP contribution is 2.30. The largest absolute Gasteiger partial charge is 0.385 e. The summed E-state index contributed by atoms with van der Waals surface area (Å²) in [6, 6.07) is 11.4. The predicted molar refractivity (Wildman–Crippen MR) is 94.8 cm³/mol. The number of hydrogen-bond donors (Lipinski definition) is 1. The van der Waals surface area contributed by atoms with Gasteiger partial charge in [-0.1, -0.05) is 30.3 Å². The standard InChI is InChI=1S/C19H23NO3S/c1-14-11-20(12-17(23-14)15-8-9-24-13-15)18(21)10-19(2,22)16-6-4-3-5-7-16/h3-9,13-14,17,22H,10-12H2,1-2H3. The highest BCUT2D eigenvalue weighted by Gasteiger charge is 2.34. The van der Waals surface area contributed by atoms with Crippen molar-refractivity contribution in [2.45, 2.75) is 38.1 Å². The van der Waals surface area contributed by atoms with Gasteiger partial charge in [-0.05, 0) is 41.8 Å². The lowest BCUT2D eigenvalue weighted by atomic mass is 9.92. The van der Waals surface area contributed by atoms with Crippen LogP contribution in [0.2, 0.25) is 0 Å². The summed E-state index contributed by atoms with van der Waals surface area (Å²) < 4.78 is 5.98. The molecule has 0 aliphatic carbocycles. The van der Waals surface area contributed by atoms with Gasteiger partial charge in [-0.2, -0.15) is 11.3 Å². The third-order valence-corrected chi connectivity index (χ3v) is 5.12. The molecule has 1 aliphatic heterocycles. The van der Waals surface area contributed by atoms with Crippen LogP contribution in [-0.2, 0) is 15.1 Å². The molecule has 3 unspecified atom stereocenters. The van der Waals surface area contributed by atoms with Crippen LogP contribution in [0, 0.1) is 0 Å². The summed E-state index contributed by atoms with van der Waals surface area (Å²) in [7, 11) is 0. The molecule has 0 spiro atoms. The molecule has 2 heterocycles. The van der Waals surface area contributed by atoms with Crippen molar-refractivity contribution in [3.63, 3.8) is 0 Å². The van der Waals surface area contributed by atoms with Gasteiger partial charge in [0, 0.05) is 6.54 Å². The van der Waals surface area contributed by atoms with Gasteiger partial charge in [0.05, 0.1) is 24.7 Å². The average molecular weight is 345 g/mol. The molecule has 3 atom stereocenters. The highest BCUT2D eigenvalue weighted by atomic mass is 32.1. The Labute approximate surface area is 146 Å². The number of carbonyl (C=O) groups is 1. The number of aliphatic hydroxyl groups is 1. The number of carbonyl (C=O) groups excluding carboxylic acids is 1. The number of amides is 1. The molecule has 0 bridgehead atoms. The number of ether oxygens (including phenoxy) is 1. The molecule has 5 heteroatoms. The summed E-state index contributed by atoms with van der Waals surface area (Å²) in [5.74, 6) is -0.0424. The molecule has 1 aliphatic rings. The first-order valence-electron chi connectivity index (χ1n) is 8.19. The summed E-state index contributed by atoms with van der Waals surface area (Å²) in [4.78, 5) is 14.6. The Kier molecular flexibility index (Phi) is 5.04.